The van der Waals surface area contributed by atoms with E-state index in [4.69, 9.17) is 49.4 Å². The Morgan fingerprint density at radius 2 is 1.68 bits per heavy atom. The molecule has 0 saturated heterocycles. The van der Waals surface area contributed by atoms with E-state index in [2.05, 4.69) is 30.0 Å². The van der Waals surface area contributed by atoms with Gasteiger partial charge >= 0.3 is 24.0 Å². The molecule has 1 aromatic carbocycles. The van der Waals surface area contributed by atoms with Crippen LogP contribution in [-0.4, -0.2) is 72.3 Å². The molecule has 0 aliphatic carbocycles. The predicted octanol–water partition coefficient (Wildman–Crippen LogP) is 2.99. The minimum Gasteiger partial charge on any atom is -0.479 e. The number of amides is 2. The number of carbonyl (C=O) groups excluding carboxylic acids is 2. The number of aryl methyl sites for hydroxylation is 1. The highest BCUT2D eigenvalue weighted by molar-refractivity contribution is 7.90. The number of carbonyl (C=O) groups is 3. The number of ether oxygens (including phenoxy) is 3. The number of esters is 1. The summed E-state index contributed by atoms with van der Waals surface area (Å²) < 4.78 is 40.7. The highest BCUT2D eigenvalue weighted by Gasteiger charge is 2.25. The SMILES string of the molecule is COC(=O)c1ccccc1S(=O)(=O)NC(=O)Nc1nc(C)nc(OC)n1.O=C(O)COc1nc(Cl)c(Cl)cc1Cl. The monoisotopic (exact) mass is 636 g/mol. The molecule has 214 valence electrons. The third-order valence-electron chi connectivity index (χ3n) is 4.13. The van der Waals surface area contributed by atoms with E-state index in [0.29, 0.717) is 0 Å². The number of nitrogens with zero attached hydrogens (tertiary/aromatic N) is 4. The summed E-state index contributed by atoms with van der Waals surface area (Å²) in [6, 6.07) is 5.44. The number of methoxy groups -OCH3 is 2. The Morgan fingerprint density at radius 3 is 2.30 bits per heavy atom. The smallest absolute Gasteiger partial charge is 0.341 e. The van der Waals surface area contributed by atoms with Crippen molar-refractivity contribution in [2.45, 2.75) is 11.8 Å². The van der Waals surface area contributed by atoms with Crippen LogP contribution in [0.4, 0.5) is 10.7 Å². The van der Waals surface area contributed by atoms with E-state index in [9.17, 15) is 22.8 Å². The molecule has 0 spiro atoms. The molecule has 2 heterocycles. The van der Waals surface area contributed by atoms with Gasteiger partial charge in [-0.15, -0.1) is 0 Å². The summed E-state index contributed by atoms with van der Waals surface area (Å²) in [4.78, 5) is 48.6. The maximum Gasteiger partial charge on any atom is 0.341 e. The zero-order valence-corrected chi connectivity index (χ0v) is 23.7. The van der Waals surface area contributed by atoms with E-state index >= 15 is 0 Å². The summed E-state index contributed by atoms with van der Waals surface area (Å²) >= 11 is 16.8. The Kier molecular flexibility index (Phi) is 11.6. The number of carboxylic acid groups (broad SMARTS) is 1. The Bertz CT molecular complexity index is 1530. The average molecular weight is 638 g/mol. The second kappa shape index (κ2) is 14.4. The van der Waals surface area contributed by atoms with Crippen LogP contribution >= 0.6 is 34.8 Å². The van der Waals surface area contributed by atoms with Crippen LogP contribution in [0.5, 0.6) is 11.9 Å². The van der Waals surface area contributed by atoms with Crippen molar-refractivity contribution in [3.05, 3.63) is 56.9 Å². The Morgan fingerprint density at radius 1 is 1.00 bits per heavy atom. The van der Waals surface area contributed by atoms with Crippen LogP contribution < -0.4 is 19.5 Å². The summed E-state index contributed by atoms with van der Waals surface area (Å²) in [5.41, 5.74) is -0.215. The van der Waals surface area contributed by atoms with Crippen LogP contribution in [-0.2, 0) is 19.6 Å². The van der Waals surface area contributed by atoms with Gasteiger partial charge in [0, 0.05) is 0 Å². The second-order valence-corrected chi connectivity index (χ2v) is 9.79. The molecule has 0 radical (unpaired) electrons. The molecule has 40 heavy (non-hydrogen) atoms. The largest absolute Gasteiger partial charge is 0.479 e. The summed E-state index contributed by atoms with van der Waals surface area (Å²) in [5, 5.41) is 10.8. The van der Waals surface area contributed by atoms with Gasteiger partial charge < -0.3 is 19.3 Å². The van der Waals surface area contributed by atoms with Crippen molar-refractivity contribution in [1.82, 2.24) is 24.7 Å². The minimum absolute atomic E-state index is 0.0106. The van der Waals surface area contributed by atoms with Crippen molar-refractivity contribution in [2.75, 3.05) is 26.1 Å². The van der Waals surface area contributed by atoms with Crippen LogP contribution in [0.1, 0.15) is 16.2 Å². The maximum atomic E-state index is 12.4. The Labute approximate surface area is 241 Å². The number of rotatable bonds is 8. The fourth-order valence-corrected chi connectivity index (χ4v) is 4.20. The number of hydrogen-bond donors (Lipinski definition) is 3. The van der Waals surface area contributed by atoms with Crippen LogP contribution in [0.15, 0.2) is 35.2 Å². The Hall–Kier alpha value is -3.99. The van der Waals surface area contributed by atoms with E-state index in [1.807, 2.05) is 0 Å². The van der Waals surface area contributed by atoms with Gasteiger partial charge in [-0.2, -0.15) is 19.9 Å². The van der Waals surface area contributed by atoms with Gasteiger partial charge in [0.1, 0.15) is 15.7 Å². The van der Waals surface area contributed by atoms with Crippen molar-refractivity contribution >= 4 is 68.7 Å². The van der Waals surface area contributed by atoms with Crippen LogP contribution in [0.25, 0.3) is 0 Å². The van der Waals surface area contributed by atoms with Gasteiger partial charge in [-0.25, -0.2) is 27.5 Å². The zero-order valence-electron chi connectivity index (χ0n) is 20.6. The minimum atomic E-state index is -4.36. The van der Waals surface area contributed by atoms with Crippen molar-refractivity contribution in [3.8, 4) is 11.9 Å². The van der Waals surface area contributed by atoms with Gasteiger partial charge in [-0.1, -0.05) is 46.9 Å². The lowest BCUT2D eigenvalue weighted by atomic mass is 10.2. The number of hydrogen-bond acceptors (Lipinski definition) is 12. The van der Waals surface area contributed by atoms with E-state index < -0.39 is 39.5 Å². The molecule has 0 aliphatic rings. The number of halogens is 3. The molecule has 15 nitrogen and oxygen atoms in total. The quantitative estimate of drug-likeness (QED) is 0.240. The number of carboxylic acids is 1. The van der Waals surface area contributed by atoms with Crippen molar-refractivity contribution < 1.29 is 42.1 Å². The molecule has 0 bridgehead atoms. The predicted molar refractivity (Wildman–Crippen MR) is 141 cm³/mol. The lowest BCUT2D eigenvalue weighted by Crippen LogP contribution is -2.35. The molecular weight excluding hydrogens is 619 g/mol. The molecule has 0 aliphatic heterocycles. The standard InChI is InChI=1S/C14H15N5O6S.C7H4Cl3NO3/c1-8-15-12(18-14(16-8)25-3)17-13(21)19-26(22,23)10-7-5-4-6-9(10)11(20)24-2;8-3-1-4(9)7(11-6(3)10)14-2-5(12)13/h4-7H,1-3H3,(H2,15,16,17,18,19,21);1H,2H2,(H,12,13). The number of urea groups is 1. The number of anilines is 1. The first-order valence-electron chi connectivity index (χ1n) is 10.4. The number of nitrogens with one attached hydrogen (secondary N) is 2. The molecule has 2 amide bonds. The van der Waals surface area contributed by atoms with Gasteiger partial charge in [0.2, 0.25) is 11.8 Å². The topological polar surface area (TPSA) is 209 Å². The number of aromatic nitrogens is 4. The first kappa shape index (κ1) is 32.2. The van der Waals surface area contributed by atoms with E-state index in [0.717, 1.165) is 13.2 Å². The molecule has 3 N–H and O–H groups in total. The molecule has 0 fully saturated rings. The lowest BCUT2D eigenvalue weighted by molar-refractivity contribution is -0.139. The second-order valence-electron chi connectivity index (χ2n) is 6.97. The lowest BCUT2D eigenvalue weighted by Gasteiger charge is -2.11. The summed E-state index contributed by atoms with van der Waals surface area (Å²) in [5.74, 6) is -1.99. The average Bonchev–Trinajstić information content (AvgIpc) is 2.89. The molecule has 0 atom stereocenters. The number of pyridine rings is 1. The van der Waals surface area contributed by atoms with Crippen LogP contribution in [0.2, 0.25) is 15.2 Å². The van der Waals surface area contributed by atoms with E-state index in [1.165, 1.54) is 38.3 Å². The van der Waals surface area contributed by atoms with Crippen molar-refractivity contribution in [1.29, 1.82) is 0 Å². The molecule has 0 saturated carbocycles. The van der Waals surface area contributed by atoms with Gasteiger partial charge in [0.25, 0.3) is 10.0 Å². The van der Waals surface area contributed by atoms with E-state index in [-0.39, 0.29) is 44.4 Å². The normalized spacial score (nSPS) is 10.4. The highest BCUT2D eigenvalue weighted by Crippen LogP contribution is 2.30. The third kappa shape index (κ3) is 9.33. The third-order valence-corrected chi connectivity index (χ3v) is 6.46. The van der Waals surface area contributed by atoms with E-state index in [1.54, 1.807) is 4.72 Å². The molecule has 0 unspecified atom stereocenters. The van der Waals surface area contributed by atoms with Gasteiger partial charge in [-0.05, 0) is 25.1 Å². The van der Waals surface area contributed by atoms with Crippen molar-refractivity contribution in [2.24, 2.45) is 0 Å². The summed E-state index contributed by atoms with van der Waals surface area (Å²) in [7, 11) is -1.92. The number of sulfonamides is 1. The molecule has 19 heteroatoms. The van der Waals surface area contributed by atoms with Crippen LogP contribution in [0.3, 0.4) is 0 Å². The maximum absolute atomic E-state index is 12.4. The first-order valence-corrected chi connectivity index (χ1v) is 13.0. The first-order chi connectivity index (χ1) is 18.8. The zero-order chi connectivity index (χ0) is 30.0. The summed E-state index contributed by atoms with van der Waals surface area (Å²) in [6.07, 6.45) is 0. The number of benzene rings is 1. The van der Waals surface area contributed by atoms with Gasteiger partial charge in [0.15, 0.2) is 11.8 Å². The molecule has 3 rings (SSSR count). The fourth-order valence-electron chi connectivity index (χ4n) is 2.55. The molecule has 3 aromatic rings. The number of aliphatic carboxylic acids is 1. The fraction of sp³-hybridized carbons (Fsp3) is 0.190. The molecular formula is C21H19Cl3N6O9S. The van der Waals surface area contributed by atoms with Gasteiger partial charge in [0.05, 0.1) is 24.8 Å². The van der Waals surface area contributed by atoms with Gasteiger partial charge in [-0.3, -0.25) is 5.32 Å². The Balaban J connectivity index is 0.000000337. The molecule has 2 aromatic heterocycles. The summed E-state index contributed by atoms with van der Waals surface area (Å²) in [6.45, 7) is 1.00. The van der Waals surface area contributed by atoms with Crippen LogP contribution in [0, 0.1) is 6.92 Å². The highest BCUT2D eigenvalue weighted by atomic mass is 35.5. The van der Waals surface area contributed by atoms with Crippen molar-refractivity contribution in [3.63, 3.8) is 0 Å².